The fourth-order valence-electron chi connectivity index (χ4n) is 4.87. The van der Waals surface area contributed by atoms with E-state index in [9.17, 15) is 14.7 Å². The largest absolute Gasteiger partial charge is 0.481 e. The molecule has 1 saturated carbocycles. The second kappa shape index (κ2) is 8.01. The van der Waals surface area contributed by atoms with Gasteiger partial charge in [0, 0.05) is 12.5 Å². The van der Waals surface area contributed by atoms with Crippen LogP contribution in [0.3, 0.4) is 0 Å². The van der Waals surface area contributed by atoms with Crippen molar-refractivity contribution in [3.63, 3.8) is 0 Å². The summed E-state index contributed by atoms with van der Waals surface area (Å²) in [7, 11) is 0. The maximum absolute atomic E-state index is 12.8. The normalized spacial score (nSPS) is 25.2. The Morgan fingerprint density at radius 3 is 1.96 bits per heavy atom. The smallest absolute Gasteiger partial charge is 0.307 e. The fraction of sp³-hybridized carbons (Fsp3) is 0.333. The van der Waals surface area contributed by atoms with Crippen LogP contribution in [0.25, 0.3) is 0 Å². The lowest BCUT2D eigenvalue weighted by atomic mass is 9.82. The monoisotopic (exact) mass is 375 g/mol. The Kier molecular flexibility index (Phi) is 5.29. The summed E-state index contributed by atoms with van der Waals surface area (Å²) in [5.74, 6) is -1.76. The standard InChI is InChI=1S/C24H25NO3/c26-23(21-18-11-12-19(15-18)22(21)24(27)28)25-14-13-20(16-7-3-1-4-8-16)17-9-5-2-6-10-17/h1-12,18-22H,13-15H2,(H,25,26)(H,27,28)/t18-,19-,21+,22+/m0/s1. The summed E-state index contributed by atoms with van der Waals surface area (Å²) in [5.41, 5.74) is 2.43. The number of carboxylic acid groups (broad SMARTS) is 1. The van der Waals surface area contributed by atoms with Gasteiger partial charge in [0.15, 0.2) is 0 Å². The molecular weight excluding hydrogens is 350 g/mol. The summed E-state index contributed by atoms with van der Waals surface area (Å²) in [4.78, 5) is 24.4. The lowest BCUT2D eigenvalue weighted by Crippen LogP contribution is -2.40. The summed E-state index contributed by atoms with van der Waals surface area (Å²) in [6, 6.07) is 20.6. The number of fused-ring (bicyclic) bond motifs is 2. The quantitative estimate of drug-likeness (QED) is 0.723. The van der Waals surface area contributed by atoms with E-state index in [1.165, 1.54) is 11.1 Å². The first-order chi connectivity index (χ1) is 13.6. The Bertz CT molecular complexity index is 822. The van der Waals surface area contributed by atoms with Crippen LogP contribution in [-0.4, -0.2) is 23.5 Å². The van der Waals surface area contributed by atoms with E-state index in [1.807, 2.05) is 48.6 Å². The molecule has 1 fully saturated rings. The van der Waals surface area contributed by atoms with Crippen LogP contribution in [-0.2, 0) is 9.59 Å². The average molecular weight is 375 g/mol. The lowest BCUT2D eigenvalue weighted by molar-refractivity contribution is -0.147. The van der Waals surface area contributed by atoms with Gasteiger partial charge >= 0.3 is 5.97 Å². The van der Waals surface area contributed by atoms with Crippen LogP contribution in [0.5, 0.6) is 0 Å². The molecule has 0 aliphatic heterocycles. The molecule has 4 heteroatoms. The van der Waals surface area contributed by atoms with E-state index in [2.05, 4.69) is 29.6 Å². The Labute approximate surface area is 165 Å². The zero-order valence-electron chi connectivity index (χ0n) is 15.7. The molecule has 0 unspecified atom stereocenters. The molecule has 4 rings (SSSR count). The second-order valence-corrected chi connectivity index (χ2v) is 7.79. The van der Waals surface area contributed by atoms with Crippen molar-refractivity contribution >= 4 is 11.9 Å². The lowest BCUT2D eigenvalue weighted by Gasteiger charge is -2.24. The zero-order chi connectivity index (χ0) is 19.5. The second-order valence-electron chi connectivity index (χ2n) is 7.79. The van der Waals surface area contributed by atoms with Crippen LogP contribution >= 0.6 is 0 Å². The number of amides is 1. The molecule has 144 valence electrons. The van der Waals surface area contributed by atoms with Gasteiger partial charge in [0.05, 0.1) is 11.8 Å². The molecule has 2 aliphatic rings. The number of carboxylic acids is 1. The molecule has 1 amide bonds. The summed E-state index contributed by atoms with van der Waals surface area (Å²) in [6.07, 6.45) is 5.54. The third kappa shape index (κ3) is 3.59. The number of aliphatic carboxylic acids is 1. The maximum Gasteiger partial charge on any atom is 0.307 e. The molecule has 2 bridgehead atoms. The van der Waals surface area contributed by atoms with Crippen molar-refractivity contribution < 1.29 is 14.7 Å². The third-order valence-electron chi connectivity index (χ3n) is 6.18. The van der Waals surface area contributed by atoms with Gasteiger partial charge in [0.1, 0.15) is 0 Å². The average Bonchev–Trinajstić information content (AvgIpc) is 3.34. The minimum atomic E-state index is -0.858. The summed E-state index contributed by atoms with van der Waals surface area (Å²) in [6.45, 7) is 0.525. The van der Waals surface area contributed by atoms with Gasteiger partial charge in [0.2, 0.25) is 5.91 Å². The molecule has 0 heterocycles. The molecule has 2 aliphatic carbocycles. The Balaban J connectivity index is 1.43. The van der Waals surface area contributed by atoms with E-state index < -0.39 is 17.8 Å². The molecule has 2 aromatic rings. The van der Waals surface area contributed by atoms with Crippen molar-refractivity contribution in [1.29, 1.82) is 0 Å². The summed E-state index contributed by atoms with van der Waals surface area (Å²) >= 11 is 0. The molecular formula is C24H25NO3. The van der Waals surface area contributed by atoms with Crippen molar-refractivity contribution in [3.05, 3.63) is 83.9 Å². The first-order valence-corrected chi connectivity index (χ1v) is 9.94. The van der Waals surface area contributed by atoms with Crippen LogP contribution in [0.15, 0.2) is 72.8 Å². The number of carbonyl (C=O) groups is 2. The molecule has 2 N–H and O–H groups in total. The minimum Gasteiger partial charge on any atom is -0.481 e. The van der Waals surface area contributed by atoms with Crippen molar-refractivity contribution in [2.75, 3.05) is 6.54 Å². The highest BCUT2D eigenvalue weighted by Gasteiger charge is 2.51. The highest BCUT2D eigenvalue weighted by Crippen LogP contribution is 2.48. The summed E-state index contributed by atoms with van der Waals surface area (Å²) < 4.78 is 0. The highest BCUT2D eigenvalue weighted by molar-refractivity contribution is 5.86. The number of benzene rings is 2. The van der Waals surface area contributed by atoms with Crippen molar-refractivity contribution in [2.45, 2.75) is 18.8 Å². The predicted molar refractivity (Wildman–Crippen MR) is 108 cm³/mol. The number of allylic oxidation sites excluding steroid dienone is 2. The zero-order valence-corrected chi connectivity index (χ0v) is 15.7. The molecule has 0 spiro atoms. The molecule has 2 aromatic carbocycles. The Hall–Kier alpha value is -2.88. The molecule has 0 aromatic heterocycles. The van der Waals surface area contributed by atoms with Gasteiger partial charge in [-0.15, -0.1) is 0 Å². The van der Waals surface area contributed by atoms with E-state index in [0.717, 1.165) is 12.8 Å². The minimum absolute atomic E-state index is 0.000337. The number of hydrogen-bond donors (Lipinski definition) is 2. The van der Waals surface area contributed by atoms with Crippen LogP contribution in [0.1, 0.15) is 29.9 Å². The van der Waals surface area contributed by atoms with Gasteiger partial charge in [-0.05, 0) is 35.8 Å². The number of rotatable bonds is 7. The van der Waals surface area contributed by atoms with Gasteiger partial charge < -0.3 is 10.4 Å². The number of hydrogen-bond acceptors (Lipinski definition) is 2. The maximum atomic E-state index is 12.8. The van der Waals surface area contributed by atoms with Crippen LogP contribution < -0.4 is 5.32 Å². The van der Waals surface area contributed by atoms with Gasteiger partial charge in [-0.3, -0.25) is 9.59 Å². The molecule has 4 atom stereocenters. The van der Waals surface area contributed by atoms with Crippen LogP contribution in [0.2, 0.25) is 0 Å². The van der Waals surface area contributed by atoms with Crippen molar-refractivity contribution in [2.24, 2.45) is 23.7 Å². The van der Waals surface area contributed by atoms with Crippen LogP contribution in [0, 0.1) is 23.7 Å². The van der Waals surface area contributed by atoms with Gasteiger partial charge in [0.25, 0.3) is 0 Å². The summed E-state index contributed by atoms with van der Waals surface area (Å²) in [5, 5.41) is 12.6. The van der Waals surface area contributed by atoms with Gasteiger partial charge in [-0.25, -0.2) is 0 Å². The van der Waals surface area contributed by atoms with E-state index >= 15 is 0 Å². The topological polar surface area (TPSA) is 66.4 Å². The molecule has 0 saturated heterocycles. The van der Waals surface area contributed by atoms with Crippen molar-refractivity contribution in [3.8, 4) is 0 Å². The Morgan fingerprint density at radius 2 is 1.43 bits per heavy atom. The van der Waals surface area contributed by atoms with Gasteiger partial charge in [-0.1, -0.05) is 72.8 Å². The number of nitrogens with one attached hydrogen (secondary N) is 1. The van der Waals surface area contributed by atoms with E-state index in [0.29, 0.717) is 6.54 Å². The molecule has 0 radical (unpaired) electrons. The Morgan fingerprint density at radius 1 is 0.893 bits per heavy atom. The van der Waals surface area contributed by atoms with E-state index in [-0.39, 0.29) is 23.7 Å². The fourth-order valence-corrected chi connectivity index (χ4v) is 4.87. The van der Waals surface area contributed by atoms with E-state index in [4.69, 9.17) is 0 Å². The number of carbonyl (C=O) groups excluding carboxylic acids is 1. The first-order valence-electron chi connectivity index (χ1n) is 9.94. The van der Waals surface area contributed by atoms with E-state index in [1.54, 1.807) is 0 Å². The first kappa shape index (κ1) is 18.5. The van der Waals surface area contributed by atoms with Gasteiger partial charge in [-0.2, -0.15) is 0 Å². The van der Waals surface area contributed by atoms with Crippen molar-refractivity contribution in [1.82, 2.24) is 5.32 Å². The highest BCUT2D eigenvalue weighted by atomic mass is 16.4. The third-order valence-corrected chi connectivity index (χ3v) is 6.18. The molecule has 4 nitrogen and oxygen atoms in total. The molecule has 28 heavy (non-hydrogen) atoms. The predicted octanol–water partition coefficient (Wildman–Crippen LogP) is 3.85. The SMILES string of the molecule is O=C(O)[C@H]1[C@H](C(=O)NCCC(c2ccccc2)c2ccccc2)[C@H]2C=C[C@H]1C2. The van der Waals surface area contributed by atoms with Crippen LogP contribution in [0.4, 0.5) is 0 Å².